The van der Waals surface area contributed by atoms with Crippen molar-refractivity contribution in [2.24, 2.45) is 5.92 Å². The summed E-state index contributed by atoms with van der Waals surface area (Å²) < 4.78 is 10.7. The lowest BCUT2D eigenvalue weighted by atomic mass is 10.1. The van der Waals surface area contributed by atoms with E-state index in [0.717, 1.165) is 19.6 Å². The number of nitrogens with two attached hydrogens (primary N) is 1. The average molecular weight is 195 g/mol. The minimum absolute atomic E-state index is 0.241. The number of hydrogen-bond donors (Lipinski definition) is 1. The SMILES string of the molecule is Nc1nccc(OCC2CCOC2)n1. The second-order valence-electron chi connectivity index (χ2n) is 3.29. The molecule has 2 heterocycles. The molecule has 1 aromatic rings. The van der Waals surface area contributed by atoms with Crippen molar-refractivity contribution in [3.05, 3.63) is 12.3 Å². The molecule has 14 heavy (non-hydrogen) atoms. The van der Waals surface area contributed by atoms with Gasteiger partial charge in [-0.3, -0.25) is 0 Å². The minimum Gasteiger partial charge on any atom is -0.477 e. The molecule has 1 saturated heterocycles. The molecule has 0 saturated carbocycles. The van der Waals surface area contributed by atoms with Gasteiger partial charge in [-0.1, -0.05) is 0 Å². The maximum atomic E-state index is 5.46. The highest BCUT2D eigenvalue weighted by molar-refractivity contribution is 5.20. The predicted octanol–water partition coefficient (Wildman–Crippen LogP) is 0.474. The molecule has 0 aliphatic carbocycles. The van der Waals surface area contributed by atoms with Gasteiger partial charge in [0.25, 0.3) is 0 Å². The van der Waals surface area contributed by atoms with E-state index in [4.69, 9.17) is 15.2 Å². The molecular formula is C9H13N3O2. The van der Waals surface area contributed by atoms with E-state index in [1.807, 2.05) is 0 Å². The first-order valence-electron chi connectivity index (χ1n) is 4.63. The summed E-state index contributed by atoms with van der Waals surface area (Å²) >= 11 is 0. The minimum atomic E-state index is 0.241. The number of anilines is 1. The fourth-order valence-electron chi connectivity index (χ4n) is 1.35. The molecular weight excluding hydrogens is 182 g/mol. The standard InChI is InChI=1S/C9H13N3O2/c10-9-11-3-1-8(12-9)14-6-7-2-4-13-5-7/h1,3,7H,2,4-6H2,(H2,10,11,12). The van der Waals surface area contributed by atoms with E-state index >= 15 is 0 Å². The first kappa shape index (κ1) is 9.21. The van der Waals surface area contributed by atoms with E-state index in [9.17, 15) is 0 Å². The van der Waals surface area contributed by atoms with Crippen molar-refractivity contribution in [2.75, 3.05) is 25.6 Å². The molecule has 1 aliphatic heterocycles. The third-order valence-electron chi connectivity index (χ3n) is 2.14. The van der Waals surface area contributed by atoms with E-state index in [0.29, 0.717) is 18.4 Å². The van der Waals surface area contributed by atoms with Crippen molar-refractivity contribution in [1.82, 2.24) is 9.97 Å². The number of aromatic nitrogens is 2. The quantitative estimate of drug-likeness (QED) is 0.759. The first-order chi connectivity index (χ1) is 6.84. The van der Waals surface area contributed by atoms with Crippen LogP contribution in [0.2, 0.25) is 0 Å². The third kappa shape index (κ3) is 2.32. The summed E-state index contributed by atoms with van der Waals surface area (Å²) in [6, 6.07) is 1.70. The molecule has 2 rings (SSSR count). The van der Waals surface area contributed by atoms with Gasteiger partial charge >= 0.3 is 0 Å². The monoisotopic (exact) mass is 195 g/mol. The molecule has 2 N–H and O–H groups in total. The zero-order valence-corrected chi connectivity index (χ0v) is 7.85. The van der Waals surface area contributed by atoms with E-state index in [1.165, 1.54) is 0 Å². The van der Waals surface area contributed by atoms with Crippen LogP contribution in [-0.4, -0.2) is 29.8 Å². The molecule has 1 unspecified atom stereocenters. The van der Waals surface area contributed by atoms with Crippen molar-refractivity contribution in [3.63, 3.8) is 0 Å². The molecule has 1 aliphatic rings. The van der Waals surface area contributed by atoms with E-state index in [1.54, 1.807) is 12.3 Å². The topological polar surface area (TPSA) is 70.3 Å². The summed E-state index contributed by atoms with van der Waals surface area (Å²) in [7, 11) is 0. The molecule has 0 spiro atoms. The molecule has 0 bridgehead atoms. The Morgan fingerprint density at radius 2 is 2.57 bits per heavy atom. The normalized spacial score (nSPS) is 21.0. The summed E-state index contributed by atoms with van der Waals surface area (Å²) in [5.74, 6) is 1.25. The Kier molecular flexibility index (Phi) is 2.78. The maximum Gasteiger partial charge on any atom is 0.223 e. The van der Waals surface area contributed by atoms with Crippen LogP contribution in [0.25, 0.3) is 0 Å². The lowest BCUT2D eigenvalue weighted by Crippen LogP contribution is -2.12. The van der Waals surface area contributed by atoms with E-state index < -0.39 is 0 Å². The summed E-state index contributed by atoms with van der Waals surface area (Å²) in [6.45, 7) is 2.25. The summed E-state index contributed by atoms with van der Waals surface area (Å²) in [4.78, 5) is 7.72. The lowest BCUT2D eigenvalue weighted by molar-refractivity contribution is 0.165. The van der Waals surface area contributed by atoms with Gasteiger partial charge < -0.3 is 15.2 Å². The largest absolute Gasteiger partial charge is 0.477 e. The van der Waals surface area contributed by atoms with Crippen LogP contribution in [0.5, 0.6) is 5.88 Å². The van der Waals surface area contributed by atoms with Gasteiger partial charge in [0.15, 0.2) is 0 Å². The number of nitrogens with zero attached hydrogens (tertiary/aromatic N) is 2. The predicted molar refractivity (Wildman–Crippen MR) is 50.9 cm³/mol. The Morgan fingerprint density at radius 3 is 3.29 bits per heavy atom. The van der Waals surface area contributed by atoms with Crippen LogP contribution in [-0.2, 0) is 4.74 Å². The first-order valence-corrected chi connectivity index (χ1v) is 4.63. The smallest absolute Gasteiger partial charge is 0.223 e. The summed E-state index contributed by atoms with van der Waals surface area (Å²) in [6.07, 6.45) is 2.64. The van der Waals surface area contributed by atoms with Crippen molar-refractivity contribution < 1.29 is 9.47 Å². The van der Waals surface area contributed by atoms with Crippen molar-refractivity contribution in [2.45, 2.75) is 6.42 Å². The molecule has 0 aromatic carbocycles. The Balaban J connectivity index is 1.85. The highest BCUT2D eigenvalue weighted by atomic mass is 16.5. The Labute approximate surface area is 82.3 Å². The fourth-order valence-corrected chi connectivity index (χ4v) is 1.35. The van der Waals surface area contributed by atoms with E-state index in [-0.39, 0.29) is 5.95 Å². The molecule has 0 radical (unpaired) electrons. The molecule has 5 nitrogen and oxygen atoms in total. The fraction of sp³-hybridized carbons (Fsp3) is 0.556. The van der Waals surface area contributed by atoms with Crippen molar-refractivity contribution in [1.29, 1.82) is 0 Å². The van der Waals surface area contributed by atoms with Gasteiger partial charge in [0, 0.05) is 24.8 Å². The Bertz CT molecular complexity index is 300. The van der Waals surface area contributed by atoms with Gasteiger partial charge in [0.1, 0.15) is 0 Å². The Morgan fingerprint density at radius 1 is 1.64 bits per heavy atom. The maximum absolute atomic E-state index is 5.46. The molecule has 1 atom stereocenters. The highest BCUT2D eigenvalue weighted by Crippen LogP contribution is 2.14. The lowest BCUT2D eigenvalue weighted by Gasteiger charge is -2.08. The van der Waals surface area contributed by atoms with E-state index in [2.05, 4.69) is 9.97 Å². The van der Waals surface area contributed by atoms with Gasteiger partial charge in [-0.15, -0.1) is 0 Å². The molecule has 1 fully saturated rings. The van der Waals surface area contributed by atoms with Crippen LogP contribution < -0.4 is 10.5 Å². The number of nitrogen functional groups attached to an aromatic ring is 1. The van der Waals surface area contributed by atoms with Crippen LogP contribution in [0.4, 0.5) is 5.95 Å². The second-order valence-corrected chi connectivity index (χ2v) is 3.29. The number of rotatable bonds is 3. The molecule has 5 heteroatoms. The zero-order valence-electron chi connectivity index (χ0n) is 7.85. The van der Waals surface area contributed by atoms with Gasteiger partial charge in [-0.2, -0.15) is 4.98 Å². The summed E-state index contributed by atoms with van der Waals surface area (Å²) in [5.41, 5.74) is 5.42. The van der Waals surface area contributed by atoms with Crippen LogP contribution in [0.1, 0.15) is 6.42 Å². The van der Waals surface area contributed by atoms with Crippen LogP contribution in [0.15, 0.2) is 12.3 Å². The molecule has 1 aromatic heterocycles. The highest BCUT2D eigenvalue weighted by Gasteiger charge is 2.16. The molecule has 0 amide bonds. The number of hydrogen-bond acceptors (Lipinski definition) is 5. The van der Waals surface area contributed by atoms with Crippen molar-refractivity contribution in [3.8, 4) is 5.88 Å². The van der Waals surface area contributed by atoms with Crippen LogP contribution >= 0.6 is 0 Å². The van der Waals surface area contributed by atoms with Crippen LogP contribution in [0.3, 0.4) is 0 Å². The van der Waals surface area contributed by atoms with Gasteiger partial charge in [-0.25, -0.2) is 4.98 Å². The summed E-state index contributed by atoms with van der Waals surface area (Å²) in [5, 5.41) is 0. The average Bonchev–Trinajstić information content (AvgIpc) is 2.67. The third-order valence-corrected chi connectivity index (χ3v) is 2.14. The van der Waals surface area contributed by atoms with Gasteiger partial charge in [-0.05, 0) is 6.42 Å². The van der Waals surface area contributed by atoms with Gasteiger partial charge in [0.2, 0.25) is 11.8 Å². The van der Waals surface area contributed by atoms with Crippen LogP contribution in [0, 0.1) is 5.92 Å². The van der Waals surface area contributed by atoms with Crippen molar-refractivity contribution >= 4 is 5.95 Å². The zero-order chi connectivity index (χ0) is 9.80. The second kappa shape index (κ2) is 4.23. The Hall–Kier alpha value is -1.36. The molecule has 76 valence electrons. The number of ether oxygens (including phenoxy) is 2. The van der Waals surface area contributed by atoms with Gasteiger partial charge in [0.05, 0.1) is 13.2 Å².